The number of pyridine rings is 1. The molecule has 1 aromatic rings. The number of aromatic nitrogens is 1. The molecule has 0 saturated carbocycles. The van der Waals surface area contributed by atoms with Gasteiger partial charge in [0.05, 0.1) is 24.2 Å². The van der Waals surface area contributed by atoms with Crippen molar-refractivity contribution in [1.82, 2.24) is 4.98 Å². The van der Waals surface area contributed by atoms with Gasteiger partial charge >= 0.3 is 0 Å². The van der Waals surface area contributed by atoms with Gasteiger partial charge in [-0.1, -0.05) is 6.92 Å². The van der Waals surface area contributed by atoms with Crippen LogP contribution >= 0.6 is 0 Å². The highest BCUT2D eigenvalue weighted by Gasteiger charge is 2.05. The molecule has 0 amide bonds. The van der Waals surface area contributed by atoms with E-state index in [4.69, 9.17) is 10.8 Å². The number of nitrogen functional groups attached to an aromatic ring is 1. The summed E-state index contributed by atoms with van der Waals surface area (Å²) < 4.78 is 0. The maximum absolute atomic E-state index is 8.96. The van der Waals surface area contributed by atoms with Gasteiger partial charge in [-0.05, 0) is 12.5 Å². The summed E-state index contributed by atoms with van der Waals surface area (Å²) in [7, 11) is 0. The number of rotatable bonds is 4. The summed E-state index contributed by atoms with van der Waals surface area (Å²) in [5, 5.41) is 12.1. The van der Waals surface area contributed by atoms with E-state index in [0.717, 1.165) is 12.1 Å². The zero-order valence-electron chi connectivity index (χ0n) is 7.70. The Labute approximate surface area is 77.8 Å². The normalized spacial score (nSPS) is 12.5. The average molecular weight is 181 g/mol. The first kappa shape index (κ1) is 9.80. The van der Waals surface area contributed by atoms with Gasteiger partial charge in [-0.3, -0.25) is 4.98 Å². The Kier molecular flexibility index (Phi) is 3.52. The van der Waals surface area contributed by atoms with Gasteiger partial charge in [0.2, 0.25) is 0 Å². The highest BCUT2D eigenvalue weighted by Crippen LogP contribution is 2.16. The quantitative estimate of drug-likeness (QED) is 0.644. The van der Waals surface area contributed by atoms with Crippen molar-refractivity contribution in [3.05, 3.63) is 18.5 Å². The Morgan fingerprint density at radius 3 is 3.00 bits per heavy atom. The average Bonchev–Trinajstić information content (AvgIpc) is 2.17. The maximum atomic E-state index is 8.96. The number of nitrogens with zero attached hydrogens (tertiary/aromatic N) is 1. The molecule has 0 spiro atoms. The van der Waals surface area contributed by atoms with Gasteiger partial charge in [0.15, 0.2) is 0 Å². The minimum absolute atomic E-state index is 0.0599. The van der Waals surface area contributed by atoms with E-state index in [1.807, 2.05) is 6.92 Å². The van der Waals surface area contributed by atoms with E-state index in [1.165, 1.54) is 0 Å². The van der Waals surface area contributed by atoms with E-state index < -0.39 is 0 Å². The van der Waals surface area contributed by atoms with Gasteiger partial charge < -0.3 is 16.2 Å². The number of anilines is 2. The number of aliphatic hydroxyl groups is 1. The van der Waals surface area contributed by atoms with Crippen molar-refractivity contribution in [3.8, 4) is 0 Å². The van der Waals surface area contributed by atoms with Gasteiger partial charge in [-0.25, -0.2) is 0 Å². The molecule has 4 heteroatoms. The number of hydrogen-bond acceptors (Lipinski definition) is 4. The number of nitrogens with two attached hydrogens (primary N) is 1. The number of hydrogen-bond donors (Lipinski definition) is 3. The van der Waals surface area contributed by atoms with Crippen molar-refractivity contribution in [3.63, 3.8) is 0 Å². The Bertz CT molecular complexity index is 261. The van der Waals surface area contributed by atoms with E-state index in [-0.39, 0.29) is 12.6 Å². The molecule has 72 valence electrons. The van der Waals surface area contributed by atoms with Crippen LogP contribution in [0.3, 0.4) is 0 Å². The van der Waals surface area contributed by atoms with Crippen molar-refractivity contribution in [2.24, 2.45) is 0 Å². The summed E-state index contributed by atoms with van der Waals surface area (Å²) >= 11 is 0. The number of nitrogens with one attached hydrogen (secondary N) is 1. The van der Waals surface area contributed by atoms with Crippen molar-refractivity contribution >= 4 is 11.4 Å². The van der Waals surface area contributed by atoms with Crippen LogP contribution in [0.2, 0.25) is 0 Å². The predicted octanol–water partition coefficient (Wildman–Crippen LogP) is 0.847. The molecule has 4 nitrogen and oxygen atoms in total. The summed E-state index contributed by atoms with van der Waals surface area (Å²) in [6.45, 7) is 2.11. The van der Waals surface area contributed by atoms with Gasteiger partial charge in [0.1, 0.15) is 0 Å². The second-order valence-corrected chi connectivity index (χ2v) is 2.90. The smallest absolute Gasteiger partial charge is 0.0736 e. The van der Waals surface area contributed by atoms with E-state index in [9.17, 15) is 0 Å². The van der Waals surface area contributed by atoms with Crippen LogP contribution in [-0.2, 0) is 0 Å². The van der Waals surface area contributed by atoms with Crippen molar-refractivity contribution in [2.45, 2.75) is 19.4 Å². The van der Waals surface area contributed by atoms with Crippen LogP contribution in [0.5, 0.6) is 0 Å². The summed E-state index contributed by atoms with van der Waals surface area (Å²) in [4.78, 5) is 3.88. The topological polar surface area (TPSA) is 71.2 Å². The highest BCUT2D eigenvalue weighted by molar-refractivity contribution is 5.64. The minimum Gasteiger partial charge on any atom is -0.396 e. The molecule has 1 aromatic heterocycles. The van der Waals surface area contributed by atoms with Gasteiger partial charge in [0, 0.05) is 12.2 Å². The third kappa shape index (κ3) is 2.59. The molecule has 1 heterocycles. The third-order valence-electron chi connectivity index (χ3n) is 1.92. The first-order valence-corrected chi connectivity index (χ1v) is 4.34. The molecule has 4 N–H and O–H groups in total. The van der Waals surface area contributed by atoms with Crippen LogP contribution in [0.15, 0.2) is 18.5 Å². The highest BCUT2D eigenvalue weighted by atomic mass is 16.3. The first-order valence-electron chi connectivity index (χ1n) is 4.34. The predicted molar refractivity (Wildman–Crippen MR) is 53.4 cm³/mol. The van der Waals surface area contributed by atoms with Crippen molar-refractivity contribution in [2.75, 3.05) is 17.7 Å². The SMILES string of the molecule is CCC(CO)Nc1ccncc1N. The van der Waals surface area contributed by atoms with Gasteiger partial charge in [-0.15, -0.1) is 0 Å². The van der Waals surface area contributed by atoms with Crippen molar-refractivity contribution in [1.29, 1.82) is 0 Å². The van der Waals surface area contributed by atoms with E-state index in [1.54, 1.807) is 18.5 Å². The Morgan fingerprint density at radius 1 is 1.69 bits per heavy atom. The molecule has 0 bridgehead atoms. The zero-order valence-corrected chi connectivity index (χ0v) is 7.70. The lowest BCUT2D eigenvalue weighted by molar-refractivity contribution is 0.272. The fourth-order valence-electron chi connectivity index (χ4n) is 1.03. The minimum atomic E-state index is 0.0599. The Balaban J connectivity index is 2.67. The summed E-state index contributed by atoms with van der Waals surface area (Å²) in [5.41, 5.74) is 7.11. The van der Waals surface area contributed by atoms with Crippen molar-refractivity contribution < 1.29 is 5.11 Å². The molecule has 13 heavy (non-hydrogen) atoms. The van der Waals surface area contributed by atoms with Crippen LogP contribution in [0.1, 0.15) is 13.3 Å². The lowest BCUT2D eigenvalue weighted by Gasteiger charge is -2.16. The third-order valence-corrected chi connectivity index (χ3v) is 1.92. The molecule has 0 fully saturated rings. The largest absolute Gasteiger partial charge is 0.396 e. The summed E-state index contributed by atoms with van der Waals surface area (Å²) in [6, 6.07) is 1.86. The van der Waals surface area contributed by atoms with Crippen LogP contribution in [0, 0.1) is 0 Å². The molecule has 0 aliphatic carbocycles. The molecular weight excluding hydrogens is 166 g/mol. The monoisotopic (exact) mass is 181 g/mol. The fraction of sp³-hybridized carbons (Fsp3) is 0.444. The van der Waals surface area contributed by atoms with Crippen LogP contribution in [0.4, 0.5) is 11.4 Å². The second kappa shape index (κ2) is 4.67. The van der Waals surface area contributed by atoms with Crippen LogP contribution in [-0.4, -0.2) is 22.7 Å². The van der Waals surface area contributed by atoms with Gasteiger partial charge in [-0.2, -0.15) is 0 Å². The Hall–Kier alpha value is -1.29. The molecule has 1 unspecified atom stereocenters. The zero-order chi connectivity index (χ0) is 9.68. The van der Waals surface area contributed by atoms with E-state index >= 15 is 0 Å². The standard InChI is InChI=1S/C9H15N3O/c1-2-7(6-13)12-9-3-4-11-5-8(9)10/h3-5,7,13H,2,6,10H2,1H3,(H,11,12). The molecule has 1 rings (SSSR count). The van der Waals surface area contributed by atoms with Crippen LogP contribution in [0.25, 0.3) is 0 Å². The maximum Gasteiger partial charge on any atom is 0.0736 e. The molecule has 0 aromatic carbocycles. The van der Waals surface area contributed by atoms with Crippen LogP contribution < -0.4 is 11.1 Å². The molecule has 0 aliphatic heterocycles. The van der Waals surface area contributed by atoms with E-state index in [0.29, 0.717) is 5.69 Å². The summed E-state index contributed by atoms with van der Waals surface area (Å²) in [6.07, 6.45) is 4.12. The molecule has 0 saturated heterocycles. The lowest BCUT2D eigenvalue weighted by Crippen LogP contribution is -2.23. The molecule has 0 radical (unpaired) electrons. The first-order chi connectivity index (χ1) is 6.27. The molecular formula is C9H15N3O. The lowest BCUT2D eigenvalue weighted by atomic mass is 10.2. The molecule has 1 atom stereocenters. The summed E-state index contributed by atoms with van der Waals surface area (Å²) in [5.74, 6) is 0. The fourth-order valence-corrected chi connectivity index (χ4v) is 1.03. The number of aliphatic hydroxyl groups excluding tert-OH is 1. The second-order valence-electron chi connectivity index (χ2n) is 2.90. The van der Waals surface area contributed by atoms with Gasteiger partial charge in [0.25, 0.3) is 0 Å². The molecule has 0 aliphatic rings. The Morgan fingerprint density at radius 2 is 2.46 bits per heavy atom. The van der Waals surface area contributed by atoms with E-state index in [2.05, 4.69) is 10.3 Å².